The van der Waals surface area contributed by atoms with Gasteiger partial charge in [0, 0.05) is 36.5 Å². The molecule has 0 unspecified atom stereocenters. The Labute approximate surface area is 168 Å². The molecule has 144 valence electrons. The molecule has 1 heterocycles. The molecule has 4 rings (SSSR count). The summed E-state index contributed by atoms with van der Waals surface area (Å²) in [6, 6.07) is 19.5. The molecule has 0 bridgehead atoms. The molecule has 0 fully saturated rings. The maximum absolute atomic E-state index is 6.11. The second-order valence-corrected chi connectivity index (χ2v) is 7.49. The Morgan fingerprint density at radius 2 is 1.71 bits per heavy atom. The topological polar surface area (TPSA) is 15.7 Å². The summed E-state index contributed by atoms with van der Waals surface area (Å²) in [5, 5.41) is 0. The van der Waals surface area contributed by atoms with E-state index in [1.807, 2.05) is 0 Å². The molecule has 0 saturated carbocycles. The first-order chi connectivity index (χ1) is 13.7. The summed E-state index contributed by atoms with van der Waals surface area (Å²) in [7, 11) is 4.15. The van der Waals surface area contributed by atoms with Gasteiger partial charge in [0.2, 0.25) is 0 Å². The zero-order valence-corrected chi connectivity index (χ0v) is 17.0. The maximum Gasteiger partial charge on any atom is 0.101 e. The predicted molar refractivity (Wildman–Crippen MR) is 117 cm³/mol. The highest BCUT2D eigenvalue weighted by molar-refractivity contribution is 5.95. The highest BCUT2D eigenvalue weighted by atomic mass is 16.5. The number of nitrogens with zero attached hydrogens (tertiary/aromatic N) is 2. The third-order valence-corrected chi connectivity index (χ3v) is 5.35. The van der Waals surface area contributed by atoms with Crippen LogP contribution >= 0.6 is 0 Å². The number of para-hydroxylation sites is 1. The van der Waals surface area contributed by atoms with Gasteiger partial charge in [-0.25, -0.2) is 0 Å². The summed E-state index contributed by atoms with van der Waals surface area (Å²) in [6.07, 6.45) is 5.20. The Balaban J connectivity index is 1.80. The average Bonchev–Trinajstić information content (AvgIpc) is 2.72. The maximum atomic E-state index is 6.11. The third kappa shape index (κ3) is 3.50. The summed E-state index contributed by atoms with van der Waals surface area (Å²) in [4.78, 5) is 4.57. The second-order valence-electron chi connectivity index (χ2n) is 7.49. The van der Waals surface area contributed by atoms with Gasteiger partial charge in [0.25, 0.3) is 0 Å². The summed E-state index contributed by atoms with van der Waals surface area (Å²) in [5.41, 5.74) is 7.82. The second kappa shape index (κ2) is 8.07. The van der Waals surface area contributed by atoms with E-state index in [9.17, 15) is 0 Å². The van der Waals surface area contributed by atoms with Crippen LogP contribution in [0.5, 0.6) is 0 Å². The van der Waals surface area contributed by atoms with Gasteiger partial charge in [-0.05, 0) is 55.9 Å². The van der Waals surface area contributed by atoms with Gasteiger partial charge >= 0.3 is 0 Å². The van der Waals surface area contributed by atoms with Crippen LogP contribution in [0, 0.1) is 0 Å². The molecule has 0 N–H and O–H groups in total. The third-order valence-electron chi connectivity index (χ3n) is 5.35. The van der Waals surface area contributed by atoms with Crippen molar-refractivity contribution in [2.75, 3.05) is 38.7 Å². The van der Waals surface area contributed by atoms with Crippen LogP contribution in [-0.2, 0) is 4.74 Å². The molecule has 28 heavy (non-hydrogen) atoms. The largest absolute Gasteiger partial charge is 0.496 e. The number of hydrogen-bond donors (Lipinski definition) is 0. The average molecular weight is 373 g/mol. The van der Waals surface area contributed by atoms with E-state index in [-0.39, 0.29) is 0 Å². The summed E-state index contributed by atoms with van der Waals surface area (Å²) < 4.78 is 6.11. The molecule has 0 atom stereocenters. The number of allylic oxidation sites excluding steroid dienone is 4. The quantitative estimate of drug-likeness (QED) is 0.703. The lowest BCUT2D eigenvalue weighted by atomic mass is 9.83. The first-order valence-corrected chi connectivity index (χ1v) is 10.0. The molecular formula is C25H28N2O. The van der Waals surface area contributed by atoms with Crippen molar-refractivity contribution < 1.29 is 4.74 Å². The summed E-state index contributed by atoms with van der Waals surface area (Å²) in [6.45, 7) is 4.79. The Kier molecular flexibility index (Phi) is 5.36. The fraction of sp³-hybridized carbons (Fsp3) is 0.280. The van der Waals surface area contributed by atoms with Crippen molar-refractivity contribution in [2.45, 2.75) is 13.3 Å². The first-order valence-electron chi connectivity index (χ1n) is 10.0. The minimum Gasteiger partial charge on any atom is -0.496 e. The van der Waals surface area contributed by atoms with Crippen molar-refractivity contribution in [3.63, 3.8) is 0 Å². The van der Waals surface area contributed by atoms with Crippen LogP contribution in [0.15, 0.2) is 83.8 Å². The number of anilines is 1. The highest BCUT2D eigenvalue weighted by Gasteiger charge is 2.30. The van der Waals surface area contributed by atoms with Crippen LogP contribution in [0.4, 0.5) is 5.69 Å². The van der Waals surface area contributed by atoms with Gasteiger partial charge in [-0.2, -0.15) is 0 Å². The van der Waals surface area contributed by atoms with Gasteiger partial charge in [0.1, 0.15) is 12.4 Å². The van der Waals surface area contributed by atoms with Gasteiger partial charge < -0.3 is 14.5 Å². The Morgan fingerprint density at radius 1 is 0.964 bits per heavy atom. The Bertz CT molecular complexity index is 938. The number of benzene rings is 2. The van der Waals surface area contributed by atoms with Crippen LogP contribution in [0.2, 0.25) is 0 Å². The van der Waals surface area contributed by atoms with E-state index in [0.717, 1.165) is 25.3 Å². The summed E-state index contributed by atoms with van der Waals surface area (Å²) >= 11 is 0. The lowest BCUT2D eigenvalue weighted by Crippen LogP contribution is -2.29. The fourth-order valence-corrected chi connectivity index (χ4v) is 4.01. The van der Waals surface area contributed by atoms with Gasteiger partial charge in [0.15, 0.2) is 0 Å². The molecule has 3 nitrogen and oxygen atoms in total. The minimum atomic E-state index is 0.712. The number of likely N-dealkylation sites (N-methyl/N-ethyl adjacent to an activating group) is 2. The lowest BCUT2D eigenvalue weighted by molar-refractivity contribution is 0.178. The van der Waals surface area contributed by atoms with Crippen LogP contribution < -0.4 is 4.90 Å². The molecule has 2 aromatic carbocycles. The molecule has 0 radical (unpaired) electrons. The van der Waals surface area contributed by atoms with Crippen LogP contribution in [0.3, 0.4) is 0 Å². The van der Waals surface area contributed by atoms with Crippen LogP contribution in [-0.4, -0.2) is 38.7 Å². The van der Waals surface area contributed by atoms with E-state index in [2.05, 4.69) is 97.6 Å². The number of hydrogen-bond acceptors (Lipinski definition) is 3. The summed E-state index contributed by atoms with van der Waals surface area (Å²) in [5.74, 6) is 1.05. The molecule has 1 aliphatic carbocycles. The molecule has 1 aliphatic heterocycles. The number of fused-ring (bicyclic) bond motifs is 2. The minimum absolute atomic E-state index is 0.712. The number of ether oxygens (including phenoxy) is 1. The van der Waals surface area contributed by atoms with Crippen molar-refractivity contribution in [2.24, 2.45) is 0 Å². The Hall–Kier alpha value is -2.78. The molecule has 0 aromatic heterocycles. The lowest BCUT2D eigenvalue weighted by Gasteiger charge is -2.38. The van der Waals surface area contributed by atoms with E-state index >= 15 is 0 Å². The van der Waals surface area contributed by atoms with E-state index in [0.29, 0.717) is 6.61 Å². The smallest absolute Gasteiger partial charge is 0.101 e. The first kappa shape index (κ1) is 18.6. The zero-order chi connectivity index (χ0) is 19.5. The zero-order valence-electron chi connectivity index (χ0n) is 17.0. The molecular weight excluding hydrogens is 344 g/mol. The highest BCUT2D eigenvalue weighted by Crippen LogP contribution is 2.46. The van der Waals surface area contributed by atoms with Crippen molar-refractivity contribution >= 4 is 11.3 Å². The predicted octanol–water partition coefficient (Wildman–Crippen LogP) is 5.08. The van der Waals surface area contributed by atoms with Gasteiger partial charge in [-0.15, -0.1) is 0 Å². The van der Waals surface area contributed by atoms with Gasteiger partial charge in [-0.1, -0.05) is 48.5 Å². The monoisotopic (exact) mass is 372 g/mol. The number of rotatable bonds is 6. The molecule has 0 saturated heterocycles. The molecule has 0 spiro atoms. The molecule has 0 amide bonds. The molecule has 3 heteroatoms. The Morgan fingerprint density at radius 3 is 2.46 bits per heavy atom. The van der Waals surface area contributed by atoms with Crippen molar-refractivity contribution in [1.29, 1.82) is 0 Å². The molecule has 2 aromatic rings. The van der Waals surface area contributed by atoms with Crippen molar-refractivity contribution in [3.8, 4) is 0 Å². The van der Waals surface area contributed by atoms with E-state index in [4.69, 9.17) is 4.74 Å². The van der Waals surface area contributed by atoms with Gasteiger partial charge in [0.05, 0.1) is 0 Å². The standard InChI is InChI=1S/C25H28N2O/c1-4-27-23-13-9-8-12-21(23)25(19-10-6-5-7-11-19)22-18-20(14-15-24(22)27)28-17-16-26(2)3/h5-15H,4,16-18H2,1-3H3. The normalized spacial score (nSPS) is 15.8. The van der Waals surface area contributed by atoms with E-state index in [1.165, 1.54) is 33.7 Å². The fourth-order valence-electron chi connectivity index (χ4n) is 4.01. The van der Waals surface area contributed by atoms with E-state index in [1.54, 1.807) is 0 Å². The van der Waals surface area contributed by atoms with Gasteiger partial charge in [-0.3, -0.25) is 0 Å². The van der Waals surface area contributed by atoms with Crippen molar-refractivity contribution in [3.05, 3.63) is 94.9 Å². The van der Waals surface area contributed by atoms with Crippen molar-refractivity contribution in [1.82, 2.24) is 4.90 Å². The van der Waals surface area contributed by atoms with Crippen LogP contribution in [0.1, 0.15) is 24.5 Å². The van der Waals surface area contributed by atoms with Crippen LogP contribution in [0.25, 0.3) is 5.57 Å². The SMILES string of the molecule is CCN1C2=CC=C(OCCN(C)C)CC2=C(c2ccccc2)c2ccccc21. The molecule has 2 aliphatic rings. The van der Waals surface area contributed by atoms with E-state index < -0.39 is 0 Å².